The Morgan fingerprint density at radius 1 is 0.360 bits per heavy atom. The van der Waals surface area contributed by atoms with Crippen molar-refractivity contribution in [3.05, 3.63) is 132 Å². The van der Waals surface area contributed by atoms with Gasteiger partial charge in [0.2, 0.25) is 0 Å². The topological polar surface area (TPSA) is 26.3 Å². The van der Waals surface area contributed by atoms with Crippen LogP contribution < -0.4 is 0 Å². The molecule has 2 heterocycles. The van der Waals surface area contributed by atoms with Crippen LogP contribution in [0.25, 0.3) is 98.8 Å². The molecule has 0 saturated carbocycles. The molecule has 10 rings (SSSR count). The van der Waals surface area contributed by atoms with Gasteiger partial charge >= 0.3 is 0 Å². The molecule has 50 heavy (non-hydrogen) atoms. The van der Waals surface area contributed by atoms with Crippen LogP contribution in [0, 0.1) is 0 Å². The van der Waals surface area contributed by atoms with Gasteiger partial charge in [-0.15, -0.1) is 0 Å². The third-order valence-corrected chi connectivity index (χ3v) is 11.0. The maximum absolute atomic E-state index is 6.78. The first kappa shape index (κ1) is 29.3. The average molecular weight is 647 g/mol. The van der Waals surface area contributed by atoms with E-state index in [2.05, 4.69) is 163 Å². The average Bonchev–Trinajstić information content (AvgIpc) is 3.11. The van der Waals surface area contributed by atoms with Crippen molar-refractivity contribution in [3.63, 3.8) is 0 Å². The molecule has 0 saturated heterocycles. The third-order valence-electron chi connectivity index (χ3n) is 11.0. The Balaban J connectivity index is 1.23. The van der Waals surface area contributed by atoms with Gasteiger partial charge in [-0.25, -0.2) is 0 Å². The lowest BCUT2D eigenvalue weighted by atomic mass is 9.83. The largest absolute Gasteiger partial charge is 0.456 e. The molecule has 8 aromatic carbocycles. The molecule has 0 amide bonds. The van der Waals surface area contributed by atoms with Crippen LogP contribution in [0.3, 0.4) is 0 Å². The zero-order valence-corrected chi connectivity index (χ0v) is 29.4. The molecule has 0 N–H and O–H groups in total. The Kier molecular flexibility index (Phi) is 5.86. The van der Waals surface area contributed by atoms with E-state index < -0.39 is 0 Å². The molecule has 2 heteroatoms. The van der Waals surface area contributed by atoms with Gasteiger partial charge in [0.1, 0.15) is 22.3 Å². The van der Waals surface area contributed by atoms with Crippen LogP contribution >= 0.6 is 0 Å². The molecule has 0 atom stereocenters. The summed E-state index contributed by atoms with van der Waals surface area (Å²) in [5.74, 6) is 0. The summed E-state index contributed by atoms with van der Waals surface area (Å²) in [5, 5.41) is 9.58. The first-order valence-electron chi connectivity index (χ1n) is 17.7. The van der Waals surface area contributed by atoms with Crippen molar-refractivity contribution in [2.75, 3.05) is 0 Å². The molecule has 0 aromatic heterocycles. The van der Waals surface area contributed by atoms with Crippen LogP contribution in [0.4, 0.5) is 0 Å². The van der Waals surface area contributed by atoms with E-state index in [-0.39, 0.29) is 10.8 Å². The number of hydrogen-bond donors (Lipinski definition) is 0. The van der Waals surface area contributed by atoms with Crippen LogP contribution in [-0.4, -0.2) is 0 Å². The highest BCUT2D eigenvalue weighted by Gasteiger charge is 2.27. The highest BCUT2D eigenvalue weighted by Crippen LogP contribution is 2.51. The molecule has 0 aliphatic carbocycles. The Morgan fingerprint density at radius 2 is 0.740 bits per heavy atom. The summed E-state index contributed by atoms with van der Waals surface area (Å²) >= 11 is 0. The number of rotatable bonds is 2. The van der Waals surface area contributed by atoms with E-state index in [0.29, 0.717) is 0 Å². The van der Waals surface area contributed by atoms with E-state index in [1.165, 1.54) is 65.7 Å². The number of hydrogen-bond acceptors (Lipinski definition) is 2. The van der Waals surface area contributed by atoms with Crippen LogP contribution in [-0.2, 0) is 10.8 Å². The zero-order valence-electron chi connectivity index (χ0n) is 29.4. The van der Waals surface area contributed by atoms with Gasteiger partial charge in [-0.1, -0.05) is 126 Å². The van der Waals surface area contributed by atoms with E-state index >= 15 is 0 Å². The van der Waals surface area contributed by atoms with Crippen LogP contribution in [0.15, 0.2) is 130 Å². The van der Waals surface area contributed by atoms with Gasteiger partial charge < -0.3 is 8.83 Å². The third kappa shape index (κ3) is 4.15. The van der Waals surface area contributed by atoms with Gasteiger partial charge in [0, 0.05) is 21.9 Å². The predicted molar refractivity (Wildman–Crippen MR) is 212 cm³/mol. The van der Waals surface area contributed by atoms with Crippen molar-refractivity contribution in [1.29, 1.82) is 0 Å². The molecule has 0 radical (unpaired) electrons. The fraction of sp³-hybridized carbons (Fsp3) is 0.167. The molecule has 2 nitrogen and oxygen atoms in total. The van der Waals surface area contributed by atoms with Crippen molar-refractivity contribution in [1.82, 2.24) is 0 Å². The minimum absolute atomic E-state index is 0.0875. The Morgan fingerprint density at radius 3 is 1.16 bits per heavy atom. The fourth-order valence-electron chi connectivity index (χ4n) is 8.31. The van der Waals surface area contributed by atoms with E-state index in [1.54, 1.807) is 0 Å². The summed E-state index contributed by atoms with van der Waals surface area (Å²) in [5.41, 5.74) is 13.4. The van der Waals surface area contributed by atoms with Crippen molar-refractivity contribution in [2.45, 2.75) is 52.4 Å². The van der Waals surface area contributed by atoms with E-state index in [4.69, 9.17) is 8.83 Å². The van der Waals surface area contributed by atoms with Gasteiger partial charge in [-0.05, 0) is 113 Å². The lowest BCUT2D eigenvalue weighted by molar-refractivity contribution is 0.591. The summed E-state index contributed by atoms with van der Waals surface area (Å²) in [6.07, 6.45) is 0. The van der Waals surface area contributed by atoms with Crippen molar-refractivity contribution < 1.29 is 8.83 Å². The highest BCUT2D eigenvalue weighted by atomic mass is 16.3. The Bertz CT molecular complexity index is 2730. The van der Waals surface area contributed by atoms with Gasteiger partial charge in [-0.3, -0.25) is 0 Å². The van der Waals surface area contributed by atoms with Crippen molar-refractivity contribution >= 4 is 65.4 Å². The quantitative estimate of drug-likeness (QED) is 0.138. The molecule has 242 valence electrons. The summed E-state index contributed by atoms with van der Waals surface area (Å²) < 4.78 is 13.6. The van der Waals surface area contributed by atoms with Gasteiger partial charge in [-0.2, -0.15) is 0 Å². The smallest absolute Gasteiger partial charge is 0.136 e. The second-order valence-corrected chi connectivity index (χ2v) is 16.1. The second-order valence-electron chi connectivity index (χ2n) is 16.1. The lowest BCUT2D eigenvalue weighted by Gasteiger charge is -2.23. The molecular weight excluding hydrogens is 609 g/mol. The molecule has 8 aromatic rings. The minimum atomic E-state index is 0.0875. The number of fused-ring (bicyclic) bond motifs is 2. The Labute approximate surface area is 291 Å². The normalized spacial score (nSPS) is 13.0. The number of benzene rings is 8. The Hall–Kier alpha value is -5.60. The highest BCUT2D eigenvalue weighted by molar-refractivity contribution is 6.27. The van der Waals surface area contributed by atoms with Gasteiger partial charge in [0.05, 0.1) is 0 Å². The summed E-state index contributed by atoms with van der Waals surface area (Å²) in [6, 6.07) is 44.6. The second kappa shape index (κ2) is 9.98. The molecule has 0 unspecified atom stereocenters. The molecular formula is C48H38O2. The molecule has 0 spiro atoms. The lowest BCUT2D eigenvalue weighted by Crippen LogP contribution is -2.10. The zero-order chi connectivity index (χ0) is 34.1. The van der Waals surface area contributed by atoms with E-state index in [1.807, 2.05) is 0 Å². The van der Waals surface area contributed by atoms with Gasteiger partial charge in [0.25, 0.3) is 0 Å². The minimum Gasteiger partial charge on any atom is -0.456 e. The molecule has 2 aliphatic heterocycles. The summed E-state index contributed by atoms with van der Waals surface area (Å²) in [7, 11) is 0. The standard InChI is InChI=1S/C48H38O2/c1-47(2,3)29-13-15-31-27(25-29)9-7-11-33(31)35-17-21-39-43-37(35)19-23-41-45(43)46-42(49-39)24-20-38-36(18-22-40(50-41)44(38)46)34-12-8-10-28-26-30(48(4,5)6)14-16-32(28)34/h7-26H,1-6H3. The first-order valence-corrected chi connectivity index (χ1v) is 17.7. The van der Waals surface area contributed by atoms with E-state index in [9.17, 15) is 0 Å². The van der Waals surface area contributed by atoms with Crippen molar-refractivity contribution in [3.8, 4) is 33.4 Å². The molecule has 0 fully saturated rings. The first-order chi connectivity index (χ1) is 24.0. The maximum Gasteiger partial charge on any atom is 0.136 e. The summed E-state index contributed by atoms with van der Waals surface area (Å²) in [4.78, 5) is 0. The monoisotopic (exact) mass is 646 g/mol. The van der Waals surface area contributed by atoms with E-state index in [0.717, 1.165) is 44.2 Å². The van der Waals surface area contributed by atoms with Crippen LogP contribution in [0.2, 0.25) is 0 Å². The van der Waals surface area contributed by atoms with Crippen LogP contribution in [0.1, 0.15) is 52.7 Å². The SMILES string of the molecule is CC(C)(C)c1ccc2c(-c3ccc4oc5ccc6c(-c7cccc8cc(C(C)(C)C)ccc78)ccc7oc8ccc3c4c8-c5c76)cccc2c1. The maximum atomic E-state index is 6.78. The summed E-state index contributed by atoms with van der Waals surface area (Å²) in [6.45, 7) is 13.6. The fourth-order valence-corrected chi connectivity index (χ4v) is 8.31. The van der Waals surface area contributed by atoms with Gasteiger partial charge in [0.15, 0.2) is 0 Å². The predicted octanol–water partition coefficient (Wildman–Crippen LogP) is 14.3. The van der Waals surface area contributed by atoms with Crippen LogP contribution in [0.5, 0.6) is 0 Å². The molecule has 2 aliphatic rings. The molecule has 0 bridgehead atoms. The van der Waals surface area contributed by atoms with Crippen molar-refractivity contribution in [2.24, 2.45) is 0 Å².